The summed E-state index contributed by atoms with van der Waals surface area (Å²) in [7, 11) is 0. The summed E-state index contributed by atoms with van der Waals surface area (Å²) in [4.78, 5) is 12.7. The van der Waals surface area contributed by atoms with E-state index in [0.717, 1.165) is 5.56 Å². The van der Waals surface area contributed by atoms with Crippen molar-refractivity contribution < 1.29 is 9.32 Å². The molecule has 1 N–H and O–H groups in total. The van der Waals surface area contributed by atoms with Crippen LogP contribution in [0, 0.1) is 6.92 Å². The Labute approximate surface area is 159 Å². The number of nitrogens with one attached hydrogen (secondary N) is 1. The topological polar surface area (TPSA) is 55.1 Å². The highest BCUT2D eigenvalue weighted by atomic mass is 35.5. The Morgan fingerprint density at radius 3 is 2.48 bits per heavy atom. The normalized spacial score (nSPS) is 10.7. The molecule has 0 aliphatic carbocycles. The van der Waals surface area contributed by atoms with E-state index in [1.807, 2.05) is 12.1 Å². The first-order valence-electron chi connectivity index (χ1n) is 7.40. The van der Waals surface area contributed by atoms with E-state index < -0.39 is 0 Å². The number of hydrogen-bond acceptors (Lipinski definition) is 3. The number of aromatic nitrogens is 1. The molecule has 1 aromatic heterocycles. The third-order valence-corrected chi connectivity index (χ3v) is 4.50. The largest absolute Gasteiger partial charge is 0.360 e. The Balaban J connectivity index is 1.90. The highest BCUT2D eigenvalue weighted by molar-refractivity contribution is 6.39. The summed E-state index contributed by atoms with van der Waals surface area (Å²) < 4.78 is 5.20. The van der Waals surface area contributed by atoms with Gasteiger partial charge in [-0.2, -0.15) is 0 Å². The average Bonchev–Trinajstić information content (AvgIpc) is 2.94. The van der Waals surface area contributed by atoms with Crippen molar-refractivity contribution in [2.75, 3.05) is 0 Å². The standard InChI is InChI=1S/C18H13Cl3N2O2/c1-10-15(18(24)22-9-11-4-2-5-12(19)8-11)17(23-25-10)16-13(20)6-3-7-14(16)21/h2-8H,9H2,1H3,(H,22,24). The summed E-state index contributed by atoms with van der Waals surface area (Å²) >= 11 is 18.4. The molecule has 128 valence electrons. The Bertz CT molecular complexity index is 918. The minimum atomic E-state index is -0.329. The fourth-order valence-corrected chi connectivity index (χ4v) is 3.24. The molecule has 0 saturated carbocycles. The smallest absolute Gasteiger partial charge is 0.257 e. The number of halogens is 3. The molecule has 0 bridgehead atoms. The van der Waals surface area contributed by atoms with Crippen LogP contribution in [-0.2, 0) is 6.54 Å². The summed E-state index contributed by atoms with van der Waals surface area (Å²) in [5.41, 5.74) is 1.97. The van der Waals surface area contributed by atoms with E-state index in [4.69, 9.17) is 39.3 Å². The van der Waals surface area contributed by atoms with Crippen molar-refractivity contribution >= 4 is 40.7 Å². The Hall–Kier alpha value is -2.01. The van der Waals surface area contributed by atoms with Crippen LogP contribution in [0.3, 0.4) is 0 Å². The minimum absolute atomic E-state index is 0.303. The molecule has 25 heavy (non-hydrogen) atoms. The molecule has 0 radical (unpaired) electrons. The highest BCUT2D eigenvalue weighted by Gasteiger charge is 2.24. The van der Waals surface area contributed by atoms with Gasteiger partial charge in [-0.1, -0.05) is 58.2 Å². The second kappa shape index (κ2) is 7.48. The van der Waals surface area contributed by atoms with Gasteiger partial charge in [0.15, 0.2) is 0 Å². The molecular formula is C18H13Cl3N2O2. The van der Waals surface area contributed by atoms with Crippen LogP contribution in [0.4, 0.5) is 0 Å². The van der Waals surface area contributed by atoms with E-state index >= 15 is 0 Å². The number of nitrogens with zero attached hydrogens (tertiary/aromatic N) is 1. The molecule has 1 heterocycles. The van der Waals surface area contributed by atoms with Gasteiger partial charge in [-0.25, -0.2) is 0 Å². The number of amides is 1. The van der Waals surface area contributed by atoms with Crippen LogP contribution in [0.15, 0.2) is 47.0 Å². The van der Waals surface area contributed by atoms with E-state index in [1.165, 1.54) is 0 Å². The van der Waals surface area contributed by atoms with E-state index in [2.05, 4.69) is 10.5 Å². The second-order valence-electron chi connectivity index (χ2n) is 5.37. The van der Waals surface area contributed by atoms with Crippen molar-refractivity contribution in [3.05, 3.63) is 74.4 Å². The van der Waals surface area contributed by atoms with Crippen LogP contribution in [0.1, 0.15) is 21.7 Å². The maximum absolute atomic E-state index is 12.7. The van der Waals surface area contributed by atoms with Gasteiger partial charge in [0.1, 0.15) is 17.0 Å². The van der Waals surface area contributed by atoms with Crippen molar-refractivity contribution in [1.82, 2.24) is 10.5 Å². The lowest BCUT2D eigenvalue weighted by Crippen LogP contribution is -2.23. The fraction of sp³-hybridized carbons (Fsp3) is 0.111. The Morgan fingerprint density at radius 1 is 1.12 bits per heavy atom. The van der Waals surface area contributed by atoms with Crippen molar-refractivity contribution in [3.63, 3.8) is 0 Å². The summed E-state index contributed by atoms with van der Waals surface area (Å²) in [6.45, 7) is 1.98. The maximum Gasteiger partial charge on any atom is 0.257 e. The van der Waals surface area contributed by atoms with E-state index in [9.17, 15) is 4.79 Å². The first kappa shape index (κ1) is 17.8. The highest BCUT2D eigenvalue weighted by Crippen LogP contribution is 2.36. The second-order valence-corrected chi connectivity index (χ2v) is 6.62. The van der Waals surface area contributed by atoms with Gasteiger partial charge in [0.2, 0.25) is 0 Å². The van der Waals surface area contributed by atoms with Crippen LogP contribution in [0.25, 0.3) is 11.3 Å². The van der Waals surface area contributed by atoms with Crippen LogP contribution in [0.5, 0.6) is 0 Å². The minimum Gasteiger partial charge on any atom is -0.360 e. The first-order valence-corrected chi connectivity index (χ1v) is 8.54. The van der Waals surface area contributed by atoms with Gasteiger partial charge >= 0.3 is 0 Å². The van der Waals surface area contributed by atoms with Gasteiger partial charge in [0.05, 0.1) is 10.0 Å². The molecule has 1 amide bonds. The Morgan fingerprint density at radius 2 is 1.80 bits per heavy atom. The van der Waals surface area contributed by atoms with E-state index in [1.54, 1.807) is 37.3 Å². The predicted molar refractivity (Wildman–Crippen MR) is 99.3 cm³/mol. The number of aryl methyl sites for hydroxylation is 1. The average molecular weight is 396 g/mol. The van der Waals surface area contributed by atoms with Crippen LogP contribution >= 0.6 is 34.8 Å². The molecule has 0 spiro atoms. The van der Waals surface area contributed by atoms with E-state index in [-0.39, 0.29) is 5.91 Å². The molecule has 2 aromatic carbocycles. The number of hydrogen-bond donors (Lipinski definition) is 1. The van der Waals surface area contributed by atoms with Crippen molar-refractivity contribution in [1.29, 1.82) is 0 Å². The van der Waals surface area contributed by atoms with Gasteiger partial charge < -0.3 is 9.84 Å². The summed E-state index contributed by atoms with van der Waals surface area (Å²) in [6, 6.07) is 12.3. The number of rotatable bonds is 4. The monoisotopic (exact) mass is 394 g/mol. The molecule has 0 aliphatic heterocycles. The van der Waals surface area contributed by atoms with Crippen LogP contribution in [0.2, 0.25) is 15.1 Å². The fourth-order valence-electron chi connectivity index (χ4n) is 2.45. The summed E-state index contributed by atoms with van der Waals surface area (Å²) in [5.74, 6) is 0.0549. The summed E-state index contributed by atoms with van der Waals surface area (Å²) in [5, 5.41) is 8.20. The van der Waals surface area contributed by atoms with Gasteiger partial charge in [-0.3, -0.25) is 4.79 Å². The first-order chi connectivity index (χ1) is 12.0. The zero-order valence-electron chi connectivity index (χ0n) is 13.1. The van der Waals surface area contributed by atoms with Gasteiger partial charge in [0.25, 0.3) is 5.91 Å². The lowest BCUT2D eigenvalue weighted by atomic mass is 10.1. The SMILES string of the molecule is Cc1onc(-c2c(Cl)cccc2Cl)c1C(=O)NCc1cccc(Cl)c1. The Kier molecular flexibility index (Phi) is 5.33. The molecule has 0 unspecified atom stereocenters. The quantitative estimate of drug-likeness (QED) is 0.631. The number of carbonyl (C=O) groups is 1. The van der Waals surface area contributed by atoms with Crippen LogP contribution in [-0.4, -0.2) is 11.1 Å². The summed E-state index contributed by atoms with van der Waals surface area (Å²) in [6.07, 6.45) is 0. The third-order valence-electron chi connectivity index (χ3n) is 3.63. The molecule has 0 fully saturated rings. The molecule has 3 aromatic rings. The molecule has 0 aliphatic rings. The van der Waals surface area contributed by atoms with Crippen molar-refractivity contribution in [3.8, 4) is 11.3 Å². The maximum atomic E-state index is 12.7. The van der Waals surface area contributed by atoms with Crippen molar-refractivity contribution in [2.24, 2.45) is 0 Å². The van der Waals surface area contributed by atoms with E-state index in [0.29, 0.717) is 44.2 Å². The molecule has 0 saturated heterocycles. The zero-order valence-corrected chi connectivity index (χ0v) is 15.4. The molecule has 3 rings (SSSR count). The third kappa shape index (κ3) is 3.82. The number of benzene rings is 2. The number of carbonyl (C=O) groups excluding carboxylic acids is 1. The van der Waals surface area contributed by atoms with Gasteiger partial charge in [-0.05, 0) is 36.8 Å². The van der Waals surface area contributed by atoms with Crippen molar-refractivity contribution in [2.45, 2.75) is 13.5 Å². The molecule has 4 nitrogen and oxygen atoms in total. The zero-order chi connectivity index (χ0) is 18.0. The lowest BCUT2D eigenvalue weighted by Gasteiger charge is -2.08. The van der Waals surface area contributed by atoms with Gasteiger partial charge in [0, 0.05) is 17.1 Å². The predicted octanol–water partition coefficient (Wildman–Crippen LogP) is 5.54. The van der Waals surface area contributed by atoms with Gasteiger partial charge in [-0.15, -0.1) is 0 Å². The molecule has 0 atom stereocenters. The molecular weight excluding hydrogens is 383 g/mol. The lowest BCUT2D eigenvalue weighted by molar-refractivity contribution is 0.0950. The molecule has 7 heteroatoms. The van der Waals surface area contributed by atoms with Crippen LogP contribution < -0.4 is 5.32 Å².